The molecule has 0 saturated heterocycles. The molecule has 2 aromatic carbocycles. The predicted octanol–water partition coefficient (Wildman–Crippen LogP) is 6.28. The lowest BCUT2D eigenvalue weighted by molar-refractivity contribution is -0.116. The number of nitrogens with zero attached hydrogens (tertiary/aromatic N) is 1. The van der Waals surface area contributed by atoms with Gasteiger partial charge < -0.3 is 14.8 Å². The van der Waals surface area contributed by atoms with Crippen molar-refractivity contribution >= 4 is 34.0 Å². The van der Waals surface area contributed by atoms with Crippen molar-refractivity contribution in [2.24, 2.45) is 0 Å². The van der Waals surface area contributed by atoms with Gasteiger partial charge in [0.05, 0.1) is 18.9 Å². The first-order valence-electron chi connectivity index (χ1n) is 9.84. The van der Waals surface area contributed by atoms with Crippen LogP contribution in [0.3, 0.4) is 0 Å². The number of hydrogen-bond donors (Lipinski definition) is 1. The number of halogens is 1. The molecule has 1 amide bonds. The van der Waals surface area contributed by atoms with Crippen LogP contribution in [-0.2, 0) is 4.79 Å². The molecule has 0 aliphatic heterocycles. The van der Waals surface area contributed by atoms with E-state index in [0.29, 0.717) is 31.2 Å². The van der Waals surface area contributed by atoms with Crippen molar-refractivity contribution in [3.05, 3.63) is 57.9 Å². The summed E-state index contributed by atoms with van der Waals surface area (Å²) in [5, 5.41) is 6.14. The predicted molar refractivity (Wildman–Crippen MR) is 123 cm³/mol. The third-order valence-corrected chi connectivity index (χ3v) is 5.79. The van der Waals surface area contributed by atoms with Crippen molar-refractivity contribution in [2.45, 2.75) is 33.6 Å². The molecular formula is C23H25ClN2O3S. The zero-order chi connectivity index (χ0) is 21.5. The summed E-state index contributed by atoms with van der Waals surface area (Å²) in [5.41, 5.74) is 3.78. The van der Waals surface area contributed by atoms with Gasteiger partial charge in [-0.05, 0) is 74.7 Å². The lowest BCUT2D eigenvalue weighted by atomic mass is 10.1. The average molecular weight is 445 g/mol. The summed E-state index contributed by atoms with van der Waals surface area (Å²) < 4.78 is 11.2. The Balaban J connectivity index is 1.45. The van der Waals surface area contributed by atoms with Gasteiger partial charge in [-0.3, -0.25) is 4.79 Å². The molecule has 0 radical (unpaired) electrons. The minimum atomic E-state index is -0.0744. The third-order valence-electron chi connectivity index (χ3n) is 4.44. The van der Waals surface area contributed by atoms with E-state index in [1.165, 1.54) is 11.3 Å². The molecule has 0 aliphatic carbocycles. The highest BCUT2D eigenvalue weighted by Crippen LogP contribution is 2.27. The number of ether oxygens (including phenoxy) is 2. The van der Waals surface area contributed by atoms with Gasteiger partial charge in [0.1, 0.15) is 11.5 Å². The SMILES string of the molecule is CCOc1ccc(-c2csc(NC(=O)CCCOc3cc(C)c(Cl)c(C)c3)n2)cc1. The average Bonchev–Trinajstić information content (AvgIpc) is 3.18. The number of aromatic nitrogens is 1. The Morgan fingerprint density at radius 3 is 2.47 bits per heavy atom. The minimum absolute atomic E-state index is 0.0744. The van der Waals surface area contributed by atoms with Gasteiger partial charge in [0.2, 0.25) is 5.91 Å². The number of nitrogens with one attached hydrogen (secondary N) is 1. The molecule has 0 spiro atoms. The number of hydrogen-bond acceptors (Lipinski definition) is 5. The van der Waals surface area contributed by atoms with Crippen LogP contribution in [0.1, 0.15) is 30.9 Å². The molecule has 5 nitrogen and oxygen atoms in total. The zero-order valence-electron chi connectivity index (χ0n) is 17.3. The molecule has 30 heavy (non-hydrogen) atoms. The van der Waals surface area contributed by atoms with Crippen LogP contribution in [0.2, 0.25) is 5.02 Å². The Kier molecular flexibility index (Phi) is 7.71. The first-order valence-corrected chi connectivity index (χ1v) is 11.1. The fraction of sp³-hybridized carbons (Fsp3) is 0.304. The number of carbonyl (C=O) groups is 1. The number of benzene rings is 2. The number of rotatable bonds is 9. The van der Waals surface area contributed by atoms with Crippen molar-refractivity contribution < 1.29 is 14.3 Å². The summed E-state index contributed by atoms with van der Waals surface area (Å²) in [5.74, 6) is 1.53. The molecule has 7 heteroatoms. The number of thiazole rings is 1. The molecule has 1 aromatic heterocycles. The van der Waals surface area contributed by atoms with Crippen molar-refractivity contribution in [2.75, 3.05) is 18.5 Å². The highest BCUT2D eigenvalue weighted by atomic mass is 35.5. The molecule has 0 fully saturated rings. The Bertz CT molecular complexity index is 979. The van der Waals surface area contributed by atoms with Gasteiger partial charge in [-0.25, -0.2) is 4.98 Å². The maximum absolute atomic E-state index is 12.2. The van der Waals surface area contributed by atoms with Gasteiger partial charge in [-0.2, -0.15) is 0 Å². The van der Waals surface area contributed by atoms with Crippen molar-refractivity contribution in [1.29, 1.82) is 0 Å². The summed E-state index contributed by atoms with van der Waals surface area (Å²) in [6.45, 7) is 6.95. The van der Waals surface area contributed by atoms with Gasteiger partial charge >= 0.3 is 0 Å². The number of amides is 1. The fourth-order valence-corrected chi connectivity index (χ4v) is 3.79. The summed E-state index contributed by atoms with van der Waals surface area (Å²) in [4.78, 5) is 16.7. The van der Waals surface area contributed by atoms with Crippen LogP contribution in [0.15, 0.2) is 41.8 Å². The second-order valence-corrected chi connectivity index (χ2v) is 8.10. The Labute approximate surface area is 186 Å². The van der Waals surface area contributed by atoms with Crippen LogP contribution in [0.25, 0.3) is 11.3 Å². The first-order chi connectivity index (χ1) is 14.5. The first kappa shape index (κ1) is 22.1. The van der Waals surface area contributed by atoms with Crippen LogP contribution in [-0.4, -0.2) is 24.1 Å². The van der Waals surface area contributed by atoms with Gasteiger partial charge in [0.15, 0.2) is 5.13 Å². The largest absolute Gasteiger partial charge is 0.494 e. The molecule has 158 valence electrons. The fourth-order valence-electron chi connectivity index (χ4n) is 2.95. The monoisotopic (exact) mass is 444 g/mol. The number of anilines is 1. The van der Waals surface area contributed by atoms with E-state index < -0.39 is 0 Å². The minimum Gasteiger partial charge on any atom is -0.494 e. The lowest BCUT2D eigenvalue weighted by Crippen LogP contribution is -2.12. The molecule has 0 bridgehead atoms. The molecule has 0 saturated carbocycles. The summed E-state index contributed by atoms with van der Waals surface area (Å²) in [6.07, 6.45) is 0.979. The molecule has 0 aliphatic rings. The van der Waals surface area contributed by atoms with Gasteiger partial charge in [-0.15, -0.1) is 11.3 Å². The van der Waals surface area contributed by atoms with Crippen LogP contribution in [0, 0.1) is 13.8 Å². The van der Waals surface area contributed by atoms with Gasteiger partial charge in [0, 0.05) is 22.4 Å². The van der Waals surface area contributed by atoms with Crippen LogP contribution in [0.5, 0.6) is 11.5 Å². The standard InChI is InChI=1S/C23H25ClN2O3S/c1-4-28-18-9-7-17(8-10-18)20-14-30-23(25-20)26-21(27)6-5-11-29-19-12-15(2)22(24)16(3)13-19/h7-10,12-14H,4-6,11H2,1-3H3,(H,25,26,27). The second-order valence-electron chi connectivity index (χ2n) is 6.87. The summed E-state index contributed by atoms with van der Waals surface area (Å²) >= 11 is 7.58. The van der Waals surface area contributed by atoms with E-state index in [1.54, 1.807) is 0 Å². The van der Waals surface area contributed by atoms with Crippen molar-refractivity contribution in [3.8, 4) is 22.8 Å². The van der Waals surface area contributed by atoms with Crippen LogP contribution in [0.4, 0.5) is 5.13 Å². The van der Waals surface area contributed by atoms with Crippen molar-refractivity contribution in [1.82, 2.24) is 4.98 Å². The molecule has 3 aromatic rings. The molecule has 3 rings (SSSR count). The Morgan fingerprint density at radius 1 is 1.10 bits per heavy atom. The number of carbonyl (C=O) groups excluding carboxylic acids is 1. The summed E-state index contributed by atoms with van der Waals surface area (Å²) in [6, 6.07) is 11.6. The molecule has 0 atom stereocenters. The van der Waals surface area contributed by atoms with E-state index in [-0.39, 0.29) is 5.91 Å². The van der Waals surface area contributed by atoms with Crippen LogP contribution >= 0.6 is 22.9 Å². The van der Waals surface area contributed by atoms with E-state index in [2.05, 4.69) is 10.3 Å². The van der Waals surface area contributed by atoms with Gasteiger partial charge in [0.25, 0.3) is 0 Å². The maximum Gasteiger partial charge on any atom is 0.226 e. The zero-order valence-corrected chi connectivity index (χ0v) is 18.9. The summed E-state index contributed by atoms with van der Waals surface area (Å²) in [7, 11) is 0. The second kappa shape index (κ2) is 10.5. The maximum atomic E-state index is 12.2. The lowest BCUT2D eigenvalue weighted by Gasteiger charge is -2.09. The van der Waals surface area contributed by atoms with E-state index in [0.717, 1.165) is 38.9 Å². The van der Waals surface area contributed by atoms with Crippen LogP contribution < -0.4 is 14.8 Å². The molecule has 1 heterocycles. The highest BCUT2D eigenvalue weighted by molar-refractivity contribution is 7.14. The topological polar surface area (TPSA) is 60.5 Å². The quantitative estimate of drug-likeness (QED) is 0.395. The van der Waals surface area contributed by atoms with Gasteiger partial charge in [-0.1, -0.05) is 11.6 Å². The van der Waals surface area contributed by atoms with E-state index in [9.17, 15) is 4.79 Å². The van der Waals surface area contributed by atoms with E-state index in [1.807, 2.05) is 62.5 Å². The molecule has 0 unspecified atom stereocenters. The molecule has 1 N–H and O–H groups in total. The van der Waals surface area contributed by atoms with E-state index >= 15 is 0 Å². The van der Waals surface area contributed by atoms with E-state index in [4.69, 9.17) is 21.1 Å². The molecular weight excluding hydrogens is 420 g/mol. The van der Waals surface area contributed by atoms with Crippen molar-refractivity contribution in [3.63, 3.8) is 0 Å². The normalized spacial score (nSPS) is 10.7. The Morgan fingerprint density at radius 2 is 1.80 bits per heavy atom. The number of aryl methyl sites for hydroxylation is 2. The third kappa shape index (κ3) is 5.97. The smallest absolute Gasteiger partial charge is 0.226 e. The Hall–Kier alpha value is -2.57. The highest BCUT2D eigenvalue weighted by Gasteiger charge is 2.09.